The first-order chi connectivity index (χ1) is 12.7. The van der Waals surface area contributed by atoms with E-state index in [0.29, 0.717) is 28.3 Å². The van der Waals surface area contributed by atoms with Crippen molar-refractivity contribution in [2.75, 3.05) is 0 Å². The minimum atomic E-state index is -0.467. The fraction of sp³-hybridized carbons (Fsp3) is 0.409. The molecule has 5 nitrogen and oxygen atoms in total. The lowest BCUT2D eigenvalue weighted by molar-refractivity contribution is 0.159. The molecule has 0 spiro atoms. The van der Waals surface area contributed by atoms with Crippen LogP contribution in [0, 0.1) is 0 Å². The highest BCUT2D eigenvalue weighted by Gasteiger charge is 2.35. The topological polar surface area (TPSA) is 74.7 Å². The van der Waals surface area contributed by atoms with E-state index in [1.807, 2.05) is 39.8 Å². The lowest BCUT2D eigenvalue weighted by Gasteiger charge is -2.34. The van der Waals surface area contributed by atoms with Gasteiger partial charge in [0.2, 0.25) is 0 Å². The monoisotopic (exact) mass is 367 g/mol. The van der Waals surface area contributed by atoms with Gasteiger partial charge in [-0.05, 0) is 57.4 Å². The van der Waals surface area contributed by atoms with Gasteiger partial charge in [0.1, 0.15) is 23.2 Å². The van der Waals surface area contributed by atoms with E-state index in [9.17, 15) is 4.79 Å². The summed E-state index contributed by atoms with van der Waals surface area (Å²) in [5.74, 6) is 1.32. The van der Waals surface area contributed by atoms with Crippen molar-refractivity contribution in [3.8, 4) is 11.5 Å². The summed E-state index contributed by atoms with van der Waals surface area (Å²) in [4.78, 5) is 12.3. The molecule has 2 aromatic rings. The standard InChI is InChI=1S/C22H25NO4/c1-6-7-13-10-15(24)26-21-16(13)20-14(8-9-22(4,5)27-20)19-17(21)18(23)11(2)12(3)25-19/h8-10,12H,6-7,23H2,1-5H3/t12-/m1/s1. The van der Waals surface area contributed by atoms with Gasteiger partial charge in [0.05, 0.1) is 16.5 Å². The second kappa shape index (κ2) is 5.91. The van der Waals surface area contributed by atoms with Crippen molar-refractivity contribution in [3.63, 3.8) is 0 Å². The molecule has 1 atom stereocenters. The molecule has 142 valence electrons. The zero-order chi connectivity index (χ0) is 19.5. The molecule has 2 aliphatic rings. The van der Waals surface area contributed by atoms with Gasteiger partial charge in [-0.25, -0.2) is 4.79 Å². The molecule has 0 fully saturated rings. The third kappa shape index (κ3) is 2.64. The van der Waals surface area contributed by atoms with Gasteiger partial charge in [0, 0.05) is 11.8 Å². The number of hydrogen-bond donors (Lipinski definition) is 1. The van der Waals surface area contributed by atoms with E-state index < -0.39 is 5.60 Å². The smallest absolute Gasteiger partial charge is 0.336 e. The molecule has 3 heterocycles. The average molecular weight is 367 g/mol. The maximum atomic E-state index is 12.3. The van der Waals surface area contributed by atoms with Gasteiger partial charge in [-0.15, -0.1) is 0 Å². The highest BCUT2D eigenvalue weighted by Crippen LogP contribution is 2.50. The minimum Gasteiger partial charge on any atom is -0.485 e. The molecule has 1 aromatic heterocycles. The largest absolute Gasteiger partial charge is 0.485 e. The highest BCUT2D eigenvalue weighted by molar-refractivity contribution is 6.02. The van der Waals surface area contributed by atoms with E-state index in [4.69, 9.17) is 19.6 Å². The first-order valence-corrected chi connectivity index (χ1v) is 9.41. The Kier molecular flexibility index (Phi) is 3.88. The molecule has 1 aromatic carbocycles. The Bertz CT molecular complexity index is 1070. The Morgan fingerprint density at radius 2 is 2.00 bits per heavy atom. The van der Waals surface area contributed by atoms with Crippen LogP contribution in [0.2, 0.25) is 0 Å². The number of aryl methyl sites for hydroxylation is 1. The minimum absolute atomic E-state index is 0.159. The van der Waals surface area contributed by atoms with Crippen molar-refractivity contribution in [2.24, 2.45) is 5.73 Å². The Hall–Kier alpha value is -2.69. The van der Waals surface area contributed by atoms with E-state index in [1.54, 1.807) is 6.07 Å². The zero-order valence-corrected chi connectivity index (χ0v) is 16.4. The van der Waals surface area contributed by atoms with Gasteiger partial charge in [-0.1, -0.05) is 13.3 Å². The second-order valence-corrected chi connectivity index (χ2v) is 7.89. The summed E-state index contributed by atoms with van der Waals surface area (Å²) in [6.45, 7) is 9.98. The first-order valence-electron chi connectivity index (χ1n) is 9.41. The number of ether oxygens (including phenoxy) is 2. The van der Waals surface area contributed by atoms with Gasteiger partial charge in [-0.3, -0.25) is 0 Å². The SMILES string of the molecule is CCCc1cc(=O)oc2c3c(c4c(c12)OC(C)(C)C=C4)O[C@H](C)C(C)=C3N. The van der Waals surface area contributed by atoms with Crippen molar-refractivity contribution in [3.05, 3.63) is 44.8 Å². The zero-order valence-electron chi connectivity index (χ0n) is 16.4. The maximum Gasteiger partial charge on any atom is 0.336 e. The molecule has 0 bridgehead atoms. The van der Waals surface area contributed by atoms with Crippen molar-refractivity contribution in [1.29, 1.82) is 0 Å². The Morgan fingerprint density at radius 1 is 1.26 bits per heavy atom. The van der Waals surface area contributed by atoms with Crippen molar-refractivity contribution >= 4 is 22.7 Å². The molecular weight excluding hydrogens is 342 g/mol. The van der Waals surface area contributed by atoms with Crippen LogP contribution >= 0.6 is 0 Å². The summed E-state index contributed by atoms with van der Waals surface area (Å²) >= 11 is 0. The van der Waals surface area contributed by atoms with Crippen LogP contribution in [0.1, 0.15) is 57.7 Å². The molecule has 0 unspecified atom stereocenters. The molecule has 27 heavy (non-hydrogen) atoms. The highest BCUT2D eigenvalue weighted by atomic mass is 16.5. The van der Waals surface area contributed by atoms with Crippen molar-refractivity contribution in [1.82, 2.24) is 0 Å². The summed E-state index contributed by atoms with van der Waals surface area (Å²) in [7, 11) is 0. The fourth-order valence-electron chi connectivity index (χ4n) is 3.80. The second-order valence-electron chi connectivity index (χ2n) is 7.89. The van der Waals surface area contributed by atoms with Crippen molar-refractivity contribution in [2.45, 2.75) is 59.2 Å². The van der Waals surface area contributed by atoms with E-state index >= 15 is 0 Å². The molecular formula is C22H25NO4. The van der Waals surface area contributed by atoms with Crippen molar-refractivity contribution < 1.29 is 13.9 Å². The quantitative estimate of drug-likeness (QED) is 0.796. The lowest BCUT2D eigenvalue weighted by Crippen LogP contribution is -2.30. The third-order valence-corrected chi connectivity index (χ3v) is 5.35. The lowest BCUT2D eigenvalue weighted by atomic mass is 9.90. The fourth-order valence-corrected chi connectivity index (χ4v) is 3.80. The van der Waals surface area contributed by atoms with E-state index in [2.05, 4.69) is 6.92 Å². The third-order valence-electron chi connectivity index (χ3n) is 5.35. The predicted molar refractivity (Wildman–Crippen MR) is 107 cm³/mol. The van der Waals surface area contributed by atoms with E-state index in [1.165, 1.54) is 0 Å². The van der Waals surface area contributed by atoms with Crippen LogP contribution in [0.3, 0.4) is 0 Å². The molecule has 4 rings (SSSR count). The molecule has 0 aliphatic carbocycles. The normalized spacial score (nSPS) is 20.1. The predicted octanol–water partition coefficient (Wildman–Crippen LogP) is 4.40. The van der Waals surface area contributed by atoms with Crippen LogP contribution in [0.25, 0.3) is 22.7 Å². The molecule has 2 aliphatic heterocycles. The number of hydrogen-bond acceptors (Lipinski definition) is 5. The van der Waals surface area contributed by atoms with Gasteiger partial charge >= 0.3 is 5.63 Å². The van der Waals surface area contributed by atoms with Crippen LogP contribution in [0.5, 0.6) is 11.5 Å². The summed E-state index contributed by atoms with van der Waals surface area (Å²) in [5, 5.41) is 0.816. The van der Waals surface area contributed by atoms with E-state index in [0.717, 1.165) is 34.9 Å². The van der Waals surface area contributed by atoms with Crippen LogP contribution in [0.15, 0.2) is 26.9 Å². The summed E-state index contributed by atoms with van der Waals surface area (Å²) in [6.07, 6.45) is 5.53. The molecule has 2 N–H and O–H groups in total. The van der Waals surface area contributed by atoms with Crippen LogP contribution in [-0.4, -0.2) is 11.7 Å². The van der Waals surface area contributed by atoms with Crippen LogP contribution < -0.4 is 20.8 Å². The van der Waals surface area contributed by atoms with Gasteiger partial charge < -0.3 is 19.6 Å². The summed E-state index contributed by atoms with van der Waals surface area (Å²) < 4.78 is 18.2. The Balaban J connectivity index is 2.21. The summed E-state index contributed by atoms with van der Waals surface area (Å²) in [5.41, 5.74) is 10.0. The van der Waals surface area contributed by atoms with Crippen LogP contribution in [0.4, 0.5) is 0 Å². The molecule has 0 radical (unpaired) electrons. The molecule has 5 heteroatoms. The van der Waals surface area contributed by atoms with Gasteiger partial charge in [0.15, 0.2) is 5.58 Å². The molecule has 0 amide bonds. The number of fused-ring (bicyclic) bond motifs is 6. The van der Waals surface area contributed by atoms with E-state index in [-0.39, 0.29) is 11.7 Å². The molecule has 0 saturated carbocycles. The first kappa shape index (κ1) is 17.7. The summed E-state index contributed by atoms with van der Waals surface area (Å²) in [6, 6.07) is 1.56. The number of nitrogens with two attached hydrogens (primary N) is 1. The molecule has 0 saturated heterocycles. The average Bonchev–Trinajstić information content (AvgIpc) is 2.58. The maximum absolute atomic E-state index is 12.3. The Morgan fingerprint density at radius 3 is 2.70 bits per heavy atom. The number of benzene rings is 1. The van der Waals surface area contributed by atoms with Gasteiger partial charge in [0.25, 0.3) is 0 Å². The Labute approximate surface area is 158 Å². The van der Waals surface area contributed by atoms with Gasteiger partial charge in [-0.2, -0.15) is 0 Å². The van der Waals surface area contributed by atoms with Crippen LogP contribution in [-0.2, 0) is 6.42 Å². The number of rotatable bonds is 2.